The highest BCUT2D eigenvalue weighted by atomic mass is 16.5. The van der Waals surface area contributed by atoms with Crippen molar-refractivity contribution in [2.24, 2.45) is 0 Å². The maximum Gasteiger partial charge on any atom is 0.342 e. The molecule has 1 aliphatic rings. The minimum absolute atomic E-state index is 0.00273. The molecule has 0 radical (unpaired) electrons. The number of ether oxygens (including phenoxy) is 1. The third kappa shape index (κ3) is 1.98. The number of phenolic OH excluding ortho intramolecular Hbond substituents is 2. The predicted molar refractivity (Wildman–Crippen MR) is 62.0 cm³/mol. The lowest BCUT2D eigenvalue weighted by molar-refractivity contribution is 0.0533. The molecular weight excluding hydrogens is 220 g/mol. The van der Waals surface area contributed by atoms with E-state index >= 15 is 0 Å². The smallest absolute Gasteiger partial charge is 0.342 e. The van der Waals surface area contributed by atoms with Crippen LogP contribution in [0.25, 0.3) is 0 Å². The highest BCUT2D eigenvalue weighted by molar-refractivity contribution is 5.97. The molecule has 1 aromatic rings. The number of benzene rings is 1. The first kappa shape index (κ1) is 11.5. The van der Waals surface area contributed by atoms with E-state index in [2.05, 4.69) is 0 Å². The van der Waals surface area contributed by atoms with Gasteiger partial charge in [-0.2, -0.15) is 0 Å². The summed E-state index contributed by atoms with van der Waals surface area (Å²) in [6.45, 7) is 3.96. The van der Waals surface area contributed by atoms with Crippen molar-refractivity contribution in [3.05, 3.63) is 34.4 Å². The number of allylic oxidation sites excluding steroid dienone is 2. The van der Waals surface area contributed by atoms with Crippen molar-refractivity contribution in [1.29, 1.82) is 0 Å². The highest BCUT2D eigenvalue weighted by Crippen LogP contribution is 2.37. The quantitative estimate of drug-likeness (QED) is 0.608. The van der Waals surface area contributed by atoms with Crippen LogP contribution in [0.2, 0.25) is 0 Å². The summed E-state index contributed by atoms with van der Waals surface area (Å²) in [5.41, 5.74) is 2.15. The van der Waals surface area contributed by atoms with Gasteiger partial charge < -0.3 is 14.9 Å². The molecule has 2 N–H and O–H groups in total. The number of carbonyl (C=O) groups is 1. The Hall–Kier alpha value is -1.97. The summed E-state index contributed by atoms with van der Waals surface area (Å²) in [5.74, 6) is -0.701. The van der Waals surface area contributed by atoms with E-state index in [4.69, 9.17) is 4.74 Å². The van der Waals surface area contributed by atoms with E-state index in [1.807, 2.05) is 19.9 Å². The number of fused-ring (bicyclic) bond motifs is 1. The van der Waals surface area contributed by atoms with Gasteiger partial charge in [0.15, 0.2) is 0 Å². The topological polar surface area (TPSA) is 66.8 Å². The molecule has 0 saturated carbocycles. The summed E-state index contributed by atoms with van der Waals surface area (Å²) in [5, 5.41) is 19.8. The van der Waals surface area contributed by atoms with Crippen molar-refractivity contribution in [3.63, 3.8) is 0 Å². The minimum atomic E-state index is -0.532. The van der Waals surface area contributed by atoms with Gasteiger partial charge in [-0.3, -0.25) is 0 Å². The number of aromatic hydroxyl groups is 2. The van der Waals surface area contributed by atoms with Crippen LogP contribution in [0.1, 0.15) is 35.3 Å². The molecule has 0 atom stereocenters. The Morgan fingerprint density at radius 2 is 2.18 bits per heavy atom. The first-order chi connectivity index (χ1) is 8.00. The van der Waals surface area contributed by atoms with Crippen LogP contribution in [0.15, 0.2) is 17.7 Å². The Morgan fingerprint density at radius 1 is 1.47 bits per heavy atom. The van der Waals surface area contributed by atoms with Crippen molar-refractivity contribution >= 4 is 5.97 Å². The molecule has 0 aliphatic carbocycles. The number of phenols is 2. The monoisotopic (exact) mass is 234 g/mol. The highest BCUT2D eigenvalue weighted by Gasteiger charge is 2.28. The number of hydrogen-bond donors (Lipinski definition) is 2. The molecule has 4 heteroatoms. The molecule has 1 aromatic carbocycles. The summed E-state index contributed by atoms with van der Waals surface area (Å²) >= 11 is 0. The molecule has 0 bridgehead atoms. The van der Waals surface area contributed by atoms with Gasteiger partial charge >= 0.3 is 5.97 Å². The molecule has 4 nitrogen and oxygen atoms in total. The van der Waals surface area contributed by atoms with Gasteiger partial charge in [0.05, 0.1) is 0 Å². The fraction of sp³-hybridized carbons (Fsp3) is 0.308. The molecule has 1 heterocycles. The lowest BCUT2D eigenvalue weighted by Crippen LogP contribution is -1.97. The van der Waals surface area contributed by atoms with Gasteiger partial charge in [0.1, 0.15) is 23.7 Å². The largest absolute Gasteiger partial charge is 0.508 e. The molecule has 0 unspecified atom stereocenters. The van der Waals surface area contributed by atoms with Crippen molar-refractivity contribution in [3.8, 4) is 11.5 Å². The fourth-order valence-electron chi connectivity index (χ4n) is 1.81. The number of cyclic esters (lactones) is 1. The summed E-state index contributed by atoms with van der Waals surface area (Å²) in [6.07, 6.45) is 2.27. The van der Waals surface area contributed by atoms with E-state index in [0.29, 0.717) is 17.5 Å². The van der Waals surface area contributed by atoms with Crippen molar-refractivity contribution in [2.45, 2.75) is 26.9 Å². The minimum Gasteiger partial charge on any atom is -0.508 e. The summed E-state index contributed by atoms with van der Waals surface area (Å²) < 4.78 is 4.81. The molecule has 0 fully saturated rings. The van der Waals surface area contributed by atoms with Gasteiger partial charge in [-0.15, -0.1) is 0 Å². The number of carbonyl (C=O) groups excluding carboxylic acids is 1. The normalized spacial score (nSPS) is 13.2. The average Bonchev–Trinajstić information content (AvgIpc) is 2.59. The van der Waals surface area contributed by atoms with Crippen LogP contribution in [0.4, 0.5) is 0 Å². The van der Waals surface area contributed by atoms with Crippen LogP contribution in [0.3, 0.4) is 0 Å². The Balaban J connectivity index is 2.50. The zero-order valence-electron chi connectivity index (χ0n) is 9.78. The maximum atomic E-state index is 11.4. The van der Waals surface area contributed by atoms with Crippen LogP contribution < -0.4 is 0 Å². The van der Waals surface area contributed by atoms with E-state index in [0.717, 1.165) is 5.57 Å². The molecule has 0 amide bonds. The lowest BCUT2D eigenvalue weighted by atomic mass is 10.00. The molecule has 90 valence electrons. The third-order valence-electron chi connectivity index (χ3n) is 2.74. The molecule has 0 spiro atoms. The van der Waals surface area contributed by atoms with Gasteiger partial charge in [-0.1, -0.05) is 11.6 Å². The third-order valence-corrected chi connectivity index (χ3v) is 2.74. The van der Waals surface area contributed by atoms with E-state index < -0.39 is 5.97 Å². The van der Waals surface area contributed by atoms with E-state index in [1.54, 1.807) is 0 Å². The first-order valence-electron chi connectivity index (χ1n) is 5.38. The Labute approximate surface area is 99.2 Å². The predicted octanol–water partition coefficient (Wildman–Crippen LogP) is 2.28. The number of esters is 1. The van der Waals surface area contributed by atoms with Crippen LogP contribution in [-0.2, 0) is 17.8 Å². The van der Waals surface area contributed by atoms with Crippen molar-refractivity contribution in [1.82, 2.24) is 0 Å². The first-order valence-corrected chi connectivity index (χ1v) is 5.38. The van der Waals surface area contributed by atoms with Crippen LogP contribution in [-0.4, -0.2) is 16.2 Å². The van der Waals surface area contributed by atoms with Crippen LogP contribution >= 0.6 is 0 Å². The fourth-order valence-corrected chi connectivity index (χ4v) is 1.81. The zero-order valence-corrected chi connectivity index (χ0v) is 9.78. The summed E-state index contributed by atoms with van der Waals surface area (Å²) in [6, 6.07) is 1.48. The molecule has 1 aliphatic heterocycles. The Bertz CT molecular complexity index is 511. The summed E-state index contributed by atoms with van der Waals surface area (Å²) in [4.78, 5) is 11.4. The van der Waals surface area contributed by atoms with Gasteiger partial charge in [0.25, 0.3) is 0 Å². The Kier molecular flexibility index (Phi) is 2.79. The SMILES string of the molecule is CC(C)=CCc1c(O)cc2c(c1O)C(=O)OC2. The van der Waals surface area contributed by atoms with Gasteiger partial charge in [-0.25, -0.2) is 4.79 Å². The van der Waals surface area contributed by atoms with Gasteiger partial charge in [0, 0.05) is 11.1 Å². The molecule has 2 rings (SSSR count). The number of hydrogen-bond acceptors (Lipinski definition) is 4. The van der Waals surface area contributed by atoms with E-state index in [9.17, 15) is 15.0 Å². The van der Waals surface area contributed by atoms with Gasteiger partial charge in [-0.05, 0) is 26.3 Å². The van der Waals surface area contributed by atoms with Gasteiger partial charge in [0.2, 0.25) is 0 Å². The van der Waals surface area contributed by atoms with Crippen LogP contribution in [0.5, 0.6) is 11.5 Å². The average molecular weight is 234 g/mol. The second-order valence-electron chi connectivity index (χ2n) is 4.32. The molecule has 0 saturated heterocycles. The van der Waals surface area contributed by atoms with Crippen LogP contribution in [0, 0.1) is 0 Å². The molecule has 17 heavy (non-hydrogen) atoms. The Morgan fingerprint density at radius 3 is 2.82 bits per heavy atom. The van der Waals surface area contributed by atoms with Crippen molar-refractivity contribution < 1.29 is 19.7 Å². The lowest BCUT2D eigenvalue weighted by Gasteiger charge is -2.08. The maximum absolute atomic E-state index is 11.4. The number of rotatable bonds is 2. The molecular formula is C13H14O4. The van der Waals surface area contributed by atoms with E-state index in [-0.39, 0.29) is 23.7 Å². The zero-order chi connectivity index (χ0) is 12.6. The van der Waals surface area contributed by atoms with Crippen molar-refractivity contribution in [2.75, 3.05) is 0 Å². The van der Waals surface area contributed by atoms with E-state index in [1.165, 1.54) is 6.07 Å². The summed E-state index contributed by atoms with van der Waals surface area (Å²) in [7, 11) is 0. The molecule has 0 aromatic heterocycles. The standard InChI is InChI=1S/C13H14O4/c1-7(2)3-4-9-10(14)5-8-6-17-13(16)11(8)12(9)15/h3,5,14-15H,4,6H2,1-2H3. The second-order valence-corrected chi connectivity index (χ2v) is 4.32. The second kappa shape index (κ2) is 4.13.